The summed E-state index contributed by atoms with van der Waals surface area (Å²) in [5.74, 6) is -0.303. The molecule has 0 heterocycles. The number of halogens is 1. The molecule has 0 aliphatic rings. The second-order valence-electron chi connectivity index (χ2n) is 4.69. The van der Waals surface area contributed by atoms with Crippen LogP contribution in [0.25, 0.3) is 10.8 Å². The van der Waals surface area contributed by atoms with E-state index < -0.39 is 0 Å². The Kier molecular flexibility index (Phi) is 4.02. The van der Waals surface area contributed by atoms with Gasteiger partial charge in [0.05, 0.1) is 5.56 Å². The molecular formula is C18H13BrO2. The first-order valence-electron chi connectivity index (χ1n) is 6.64. The quantitative estimate of drug-likeness (QED) is 0.630. The van der Waals surface area contributed by atoms with Crippen molar-refractivity contribution in [3.63, 3.8) is 0 Å². The van der Waals surface area contributed by atoms with Gasteiger partial charge in [-0.2, -0.15) is 0 Å². The van der Waals surface area contributed by atoms with Crippen molar-refractivity contribution in [3.05, 3.63) is 82.3 Å². The highest BCUT2D eigenvalue weighted by atomic mass is 79.9. The number of carbonyl (C=O) groups is 1. The minimum absolute atomic E-state index is 0.253. The van der Waals surface area contributed by atoms with Gasteiger partial charge in [0.25, 0.3) is 0 Å². The van der Waals surface area contributed by atoms with Crippen LogP contribution >= 0.6 is 15.9 Å². The summed E-state index contributed by atoms with van der Waals surface area (Å²) in [5.41, 5.74) is 1.55. The van der Waals surface area contributed by atoms with Crippen LogP contribution in [0.2, 0.25) is 0 Å². The molecule has 0 atom stereocenters. The van der Waals surface area contributed by atoms with E-state index in [0.29, 0.717) is 5.56 Å². The summed E-state index contributed by atoms with van der Waals surface area (Å²) < 4.78 is 6.37. The molecule has 2 nitrogen and oxygen atoms in total. The molecule has 3 aromatic carbocycles. The van der Waals surface area contributed by atoms with Crippen LogP contribution in [0.5, 0.6) is 0 Å². The second kappa shape index (κ2) is 6.10. The van der Waals surface area contributed by atoms with Crippen LogP contribution in [-0.2, 0) is 11.3 Å². The fourth-order valence-electron chi connectivity index (χ4n) is 2.24. The minimum atomic E-state index is -0.303. The van der Waals surface area contributed by atoms with Crippen molar-refractivity contribution in [2.75, 3.05) is 0 Å². The molecule has 0 saturated carbocycles. The van der Waals surface area contributed by atoms with Gasteiger partial charge in [-0.3, -0.25) is 0 Å². The van der Waals surface area contributed by atoms with Gasteiger partial charge in [-0.05, 0) is 22.9 Å². The summed E-state index contributed by atoms with van der Waals surface area (Å²) in [6.45, 7) is 0.253. The van der Waals surface area contributed by atoms with Crippen molar-refractivity contribution in [1.29, 1.82) is 0 Å². The van der Waals surface area contributed by atoms with Crippen molar-refractivity contribution in [1.82, 2.24) is 0 Å². The molecule has 0 aliphatic heterocycles. The Hall–Kier alpha value is -2.13. The summed E-state index contributed by atoms with van der Waals surface area (Å²) in [6, 6.07) is 21.2. The third-order valence-electron chi connectivity index (χ3n) is 3.33. The van der Waals surface area contributed by atoms with E-state index >= 15 is 0 Å². The molecule has 0 N–H and O–H groups in total. The minimum Gasteiger partial charge on any atom is -0.457 e. The maximum Gasteiger partial charge on any atom is 0.339 e. The van der Waals surface area contributed by atoms with E-state index in [1.54, 1.807) is 6.07 Å². The van der Waals surface area contributed by atoms with Gasteiger partial charge in [-0.25, -0.2) is 4.79 Å². The number of ether oxygens (including phenoxy) is 1. The van der Waals surface area contributed by atoms with Crippen LogP contribution in [-0.4, -0.2) is 5.97 Å². The lowest BCUT2D eigenvalue weighted by molar-refractivity contribution is 0.0474. The van der Waals surface area contributed by atoms with Crippen LogP contribution in [0.3, 0.4) is 0 Å². The molecule has 0 radical (unpaired) electrons. The Bertz CT molecular complexity index is 791. The van der Waals surface area contributed by atoms with Crippen LogP contribution in [0.4, 0.5) is 0 Å². The number of carbonyl (C=O) groups excluding carboxylic acids is 1. The summed E-state index contributed by atoms with van der Waals surface area (Å²) in [6.07, 6.45) is 0. The third kappa shape index (κ3) is 2.98. The lowest BCUT2D eigenvalue weighted by atomic mass is 10.0. The van der Waals surface area contributed by atoms with Gasteiger partial charge < -0.3 is 4.74 Å². The second-order valence-corrected chi connectivity index (χ2v) is 5.55. The molecule has 3 heteroatoms. The van der Waals surface area contributed by atoms with E-state index in [2.05, 4.69) is 15.9 Å². The average molecular weight is 341 g/mol. The first kappa shape index (κ1) is 13.8. The Morgan fingerprint density at radius 2 is 1.62 bits per heavy atom. The Morgan fingerprint density at radius 3 is 2.48 bits per heavy atom. The normalized spacial score (nSPS) is 10.5. The first-order chi connectivity index (χ1) is 10.3. The summed E-state index contributed by atoms with van der Waals surface area (Å²) in [4.78, 5) is 12.3. The Balaban J connectivity index is 1.83. The summed E-state index contributed by atoms with van der Waals surface area (Å²) in [7, 11) is 0. The molecule has 0 amide bonds. The van der Waals surface area contributed by atoms with Crippen molar-refractivity contribution in [2.45, 2.75) is 6.61 Å². The molecule has 0 fully saturated rings. The molecule has 0 unspecified atom stereocenters. The molecular weight excluding hydrogens is 328 g/mol. The Morgan fingerprint density at radius 1 is 0.905 bits per heavy atom. The van der Waals surface area contributed by atoms with Gasteiger partial charge in [0, 0.05) is 10.0 Å². The van der Waals surface area contributed by atoms with Crippen LogP contribution < -0.4 is 0 Å². The molecule has 21 heavy (non-hydrogen) atoms. The van der Waals surface area contributed by atoms with Gasteiger partial charge in [-0.15, -0.1) is 0 Å². The smallest absolute Gasteiger partial charge is 0.339 e. The summed E-state index contributed by atoms with van der Waals surface area (Å²) in [5, 5.41) is 1.95. The van der Waals surface area contributed by atoms with E-state index in [9.17, 15) is 4.79 Å². The molecule has 0 spiro atoms. The van der Waals surface area contributed by atoms with Crippen molar-refractivity contribution >= 4 is 32.7 Å². The van der Waals surface area contributed by atoms with Crippen LogP contribution in [0.1, 0.15) is 15.9 Å². The fraction of sp³-hybridized carbons (Fsp3) is 0.0556. The zero-order valence-corrected chi connectivity index (χ0v) is 12.8. The lowest BCUT2D eigenvalue weighted by Crippen LogP contribution is -2.06. The van der Waals surface area contributed by atoms with Gasteiger partial charge in [0.15, 0.2) is 0 Å². The molecule has 0 aliphatic carbocycles. The maximum absolute atomic E-state index is 12.3. The number of benzene rings is 3. The predicted molar refractivity (Wildman–Crippen MR) is 87.2 cm³/mol. The molecule has 0 saturated heterocycles. The van der Waals surface area contributed by atoms with E-state index in [-0.39, 0.29) is 12.6 Å². The summed E-state index contributed by atoms with van der Waals surface area (Å²) >= 11 is 3.45. The average Bonchev–Trinajstić information content (AvgIpc) is 2.53. The molecule has 3 aromatic rings. The van der Waals surface area contributed by atoms with Gasteiger partial charge >= 0.3 is 5.97 Å². The number of hydrogen-bond acceptors (Lipinski definition) is 2. The zero-order valence-electron chi connectivity index (χ0n) is 11.3. The van der Waals surface area contributed by atoms with E-state index in [0.717, 1.165) is 20.8 Å². The highest BCUT2D eigenvalue weighted by Crippen LogP contribution is 2.21. The lowest BCUT2D eigenvalue weighted by Gasteiger charge is -2.08. The van der Waals surface area contributed by atoms with Crippen molar-refractivity contribution < 1.29 is 9.53 Å². The van der Waals surface area contributed by atoms with Gasteiger partial charge in [0.1, 0.15) is 6.61 Å². The molecule has 0 bridgehead atoms. The SMILES string of the molecule is O=C(OCc1ccccc1Br)c1cccc2ccccc12. The largest absolute Gasteiger partial charge is 0.457 e. The Labute approximate surface area is 131 Å². The number of rotatable bonds is 3. The third-order valence-corrected chi connectivity index (χ3v) is 4.10. The van der Waals surface area contributed by atoms with Crippen LogP contribution in [0, 0.1) is 0 Å². The van der Waals surface area contributed by atoms with Crippen molar-refractivity contribution in [3.8, 4) is 0 Å². The topological polar surface area (TPSA) is 26.3 Å². The van der Waals surface area contributed by atoms with E-state index in [1.165, 1.54) is 0 Å². The maximum atomic E-state index is 12.3. The predicted octanol–water partition coefficient (Wildman–Crippen LogP) is 4.96. The number of esters is 1. The molecule has 104 valence electrons. The van der Waals surface area contributed by atoms with E-state index in [4.69, 9.17) is 4.74 Å². The first-order valence-corrected chi connectivity index (χ1v) is 7.43. The van der Waals surface area contributed by atoms with E-state index in [1.807, 2.05) is 60.7 Å². The van der Waals surface area contributed by atoms with Crippen LogP contribution in [0.15, 0.2) is 71.2 Å². The molecule has 3 rings (SSSR count). The van der Waals surface area contributed by atoms with Gasteiger partial charge in [-0.1, -0.05) is 70.5 Å². The van der Waals surface area contributed by atoms with Gasteiger partial charge in [0.2, 0.25) is 0 Å². The standard InChI is InChI=1S/C18H13BrO2/c19-17-11-4-2-7-14(17)12-21-18(20)16-10-5-8-13-6-1-3-9-15(13)16/h1-11H,12H2. The number of hydrogen-bond donors (Lipinski definition) is 0. The monoisotopic (exact) mass is 340 g/mol. The molecule has 0 aromatic heterocycles. The number of fused-ring (bicyclic) bond motifs is 1. The van der Waals surface area contributed by atoms with Crippen molar-refractivity contribution in [2.24, 2.45) is 0 Å². The highest BCUT2D eigenvalue weighted by molar-refractivity contribution is 9.10. The highest BCUT2D eigenvalue weighted by Gasteiger charge is 2.11. The fourth-order valence-corrected chi connectivity index (χ4v) is 2.64. The zero-order chi connectivity index (χ0) is 14.7.